The van der Waals surface area contributed by atoms with E-state index < -0.39 is 0 Å². The summed E-state index contributed by atoms with van der Waals surface area (Å²) in [5.41, 5.74) is 2.04. The maximum Gasteiger partial charge on any atom is 0.340 e. The number of halogens is 1. The smallest absolute Gasteiger partial charge is 0.340 e. The number of carbonyl (C=O) groups excluding carboxylic acids is 1. The van der Waals surface area contributed by atoms with E-state index in [1.54, 1.807) is 25.2 Å². The summed E-state index contributed by atoms with van der Waals surface area (Å²) in [5, 5.41) is 3.55. The summed E-state index contributed by atoms with van der Waals surface area (Å²) in [5.74, 6) is -0.370. The van der Waals surface area contributed by atoms with Crippen molar-refractivity contribution in [2.24, 2.45) is 0 Å². The predicted octanol–water partition coefficient (Wildman–Crippen LogP) is 3.74. The molecule has 0 aliphatic rings. The molecule has 2 aromatic rings. The summed E-state index contributed by atoms with van der Waals surface area (Å²) in [6.45, 7) is 0.163. The molecule has 0 bridgehead atoms. The molecule has 2 aromatic carbocycles. The van der Waals surface area contributed by atoms with Crippen LogP contribution < -0.4 is 5.32 Å². The van der Waals surface area contributed by atoms with Gasteiger partial charge in [0.1, 0.15) is 6.61 Å². The molecule has 4 heteroatoms. The lowest BCUT2D eigenvalue weighted by Crippen LogP contribution is -2.08. The van der Waals surface area contributed by atoms with E-state index >= 15 is 0 Å². The first-order chi connectivity index (χ1) is 9.22. The van der Waals surface area contributed by atoms with Crippen molar-refractivity contribution >= 4 is 23.3 Å². The van der Waals surface area contributed by atoms with Gasteiger partial charge in [0, 0.05) is 23.3 Å². The number of ether oxygens (including phenoxy) is 1. The van der Waals surface area contributed by atoms with E-state index in [2.05, 4.69) is 5.32 Å². The maximum absolute atomic E-state index is 12.0. The van der Waals surface area contributed by atoms with Crippen LogP contribution in [0.25, 0.3) is 0 Å². The van der Waals surface area contributed by atoms with Gasteiger partial charge in [0.05, 0.1) is 5.56 Å². The van der Waals surface area contributed by atoms with E-state index in [0.29, 0.717) is 10.6 Å². The Kier molecular flexibility index (Phi) is 4.42. The van der Waals surface area contributed by atoms with E-state index in [1.807, 2.05) is 30.3 Å². The molecule has 1 N–H and O–H groups in total. The molecule has 0 aliphatic heterocycles. The molecule has 0 saturated heterocycles. The normalized spacial score (nSPS) is 10.0. The topological polar surface area (TPSA) is 38.3 Å². The summed E-state index contributed by atoms with van der Waals surface area (Å²) in [7, 11) is 1.76. The van der Waals surface area contributed by atoms with Gasteiger partial charge in [0.15, 0.2) is 0 Å². The predicted molar refractivity (Wildman–Crippen MR) is 76.6 cm³/mol. The first-order valence-corrected chi connectivity index (χ1v) is 6.27. The lowest BCUT2D eigenvalue weighted by atomic mass is 10.2. The fraction of sp³-hybridized carbons (Fsp3) is 0.133. The molecule has 0 aliphatic carbocycles. The minimum absolute atomic E-state index is 0.163. The second-order valence-corrected chi connectivity index (χ2v) is 4.37. The Bertz CT molecular complexity index is 584. The molecule has 3 nitrogen and oxygen atoms in total. The van der Waals surface area contributed by atoms with Crippen LogP contribution in [0.3, 0.4) is 0 Å². The summed E-state index contributed by atoms with van der Waals surface area (Å²) in [4.78, 5) is 12.0. The van der Waals surface area contributed by atoms with Crippen molar-refractivity contribution < 1.29 is 9.53 Å². The first kappa shape index (κ1) is 13.4. The van der Waals surface area contributed by atoms with Gasteiger partial charge in [0.25, 0.3) is 0 Å². The highest BCUT2D eigenvalue weighted by molar-refractivity contribution is 6.31. The molecule has 0 aromatic heterocycles. The molecule has 2 rings (SSSR count). The average molecular weight is 276 g/mol. The van der Waals surface area contributed by atoms with Crippen molar-refractivity contribution in [3.8, 4) is 0 Å². The fourth-order valence-corrected chi connectivity index (χ4v) is 1.91. The Morgan fingerprint density at radius 2 is 1.84 bits per heavy atom. The molecule has 0 amide bonds. The number of esters is 1. The molecular formula is C15H14ClNO2. The van der Waals surface area contributed by atoms with Crippen LogP contribution in [0.1, 0.15) is 15.9 Å². The number of nitrogens with one attached hydrogen (secondary N) is 1. The van der Waals surface area contributed by atoms with Gasteiger partial charge in [-0.25, -0.2) is 4.79 Å². The summed E-state index contributed by atoms with van der Waals surface area (Å²) in [6, 6.07) is 14.5. The van der Waals surface area contributed by atoms with E-state index in [0.717, 1.165) is 11.3 Å². The van der Waals surface area contributed by atoms with Gasteiger partial charge in [0.2, 0.25) is 0 Å². The Balaban J connectivity index is 2.08. The number of benzene rings is 2. The highest BCUT2D eigenvalue weighted by atomic mass is 35.5. The second kappa shape index (κ2) is 6.25. The van der Waals surface area contributed by atoms with Crippen LogP contribution >= 0.6 is 11.6 Å². The van der Waals surface area contributed by atoms with E-state index in [9.17, 15) is 4.79 Å². The molecule has 0 fully saturated rings. The van der Waals surface area contributed by atoms with Gasteiger partial charge >= 0.3 is 5.97 Å². The number of hydrogen-bond acceptors (Lipinski definition) is 3. The monoisotopic (exact) mass is 275 g/mol. The average Bonchev–Trinajstić information content (AvgIpc) is 2.46. The standard InChI is InChI=1S/C15H14ClNO2/c1-17-14-9-5-3-7-12(14)15(18)19-10-11-6-2-4-8-13(11)16/h2-9,17H,10H2,1H3. The van der Waals surface area contributed by atoms with Crippen molar-refractivity contribution in [3.63, 3.8) is 0 Å². The van der Waals surface area contributed by atoms with Crippen molar-refractivity contribution in [2.45, 2.75) is 6.61 Å². The van der Waals surface area contributed by atoms with Crippen LogP contribution in [-0.4, -0.2) is 13.0 Å². The van der Waals surface area contributed by atoms with Crippen molar-refractivity contribution in [3.05, 3.63) is 64.7 Å². The summed E-state index contributed by atoms with van der Waals surface area (Å²) in [6.07, 6.45) is 0. The Labute approximate surface area is 117 Å². The third-order valence-electron chi connectivity index (χ3n) is 2.73. The minimum atomic E-state index is -0.370. The SMILES string of the molecule is CNc1ccccc1C(=O)OCc1ccccc1Cl. The lowest BCUT2D eigenvalue weighted by Gasteiger charge is -2.09. The van der Waals surface area contributed by atoms with Crippen LogP contribution in [0.2, 0.25) is 5.02 Å². The first-order valence-electron chi connectivity index (χ1n) is 5.89. The molecule has 0 radical (unpaired) electrons. The molecule has 0 unspecified atom stereocenters. The third kappa shape index (κ3) is 3.26. The van der Waals surface area contributed by atoms with Gasteiger partial charge in [-0.1, -0.05) is 41.9 Å². The minimum Gasteiger partial charge on any atom is -0.457 e. The quantitative estimate of drug-likeness (QED) is 0.864. The zero-order valence-corrected chi connectivity index (χ0v) is 11.3. The van der Waals surface area contributed by atoms with E-state index in [4.69, 9.17) is 16.3 Å². The highest BCUT2D eigenvalue weighted by Crippen LogP contribution is 2.19. The highest BCUT2D eigenvalue weighted by Gasteiger charge is 2.12. The lowest BCUT2D eigenvalue weighted by molar-refractivity contribution is 0.0474. The molecule has 19 heavy (non-hydrogen) atoms. The Hall–Kier alpha value is -2.00. The molecule has 0 spiro atoms. The molecule has 0 saturated carbocycles. The van der Waals surface area contributed by atoms with Crippen LogP contribution in [0.15, 0.2) is 48.5 Å². The second-order valence-electron chi connectivity index (χ2n) is 3.96. The van der Waals surface area contributed by atoms with Gasteiger partial charge in [-0.3, -0.25) is 0 Å². The largest absolute Gasteiger partial charge is 0.457 e. The molecule has 0 atom stereocenters. The number of hydrogen-bond donors (Lipinski definition) is 1. The third-order valence-corrected chi connectivity index (χ3v) is 3.10. The van der Waals surface area contributed by atoms with Crippen LogP contribution in [0.5, 0.6) is 0 Å². The zero-order valence-electron chi connectivity index (χ0n) is 10.5. The summed E-state index contributed by atoms with van der Waals surface area (Å²) >= 11 is 6.01. The Morgan fingerprint density at radius 3 is 2.58 bits per heavy atom. The van der Waals surface area contributed by atoms with Crippen LogP contribution in [0.4, 0.5) is 5.69 Å². The number of carbonyl (C=O) groups is 1. The Morgan fingerprint density at radius 1 is 1.16 bits per heavy atom. The van der Waals surface area contributed by atoms with E-state index in [1.165, 1.54) is 0 Å². The maximum atomic E-state index is 12.0. The van der Waals surface area contributed by atoms with Crippen molar-refractivity contribution in [1.82, 2.24) is 0 Å². The van der Waals surface area contributed by atoms with Crippen molar-refractivity contribution in [1.29, 1.82) is 0 Å². The van der Waals surface area contributed by atoms with Gasteiger partial charge in [-0.15, -0.1) is 0 Å². The van der Waals surface area contributed by atoms with E-state index in [-0.39, 0.29) is 12.6 Å². The number of anilines is 1. The van der Waals surface area contributed by atoms with Gasteiger partial charge < -0.3 is 10.1 Å². The van der Waals surface area contributed by atoms with Gasteiger partial charge in [-0.05, 0) is 18.2 Å². The zero-order chi connectivity index (χ0) is 13.7. The molecular weight excluding hydrogens is 262 g/mol. The number of rotatable bonds is 4. The van der Waals surface area contributed by atoms with Gasteiger partial charge in [-0.2, -0.15) is 0 Å². The molecule has 0 heterocycles. The number of para-hydroxylation sites is 1. The summed E-state index contributed by atoms with van der Waals surface area (Å²) < 4.78 is 5.27. The molecule has 98 valence electrons. The van der Waals surface area contributed by atoms with Crippen LogP contribution in [-0.2, 0) is 11.3 Å². The van der Waals surface area contributed by atoms with Crippen molar-refractivity contribution in [2.75, 3.05) is 12.4 Å². The fourth-order valence-electron chi connectivity index (χ4n) is 1.72. The van der Waals surface area contributed by atoms with Crippen LogP contribution in [0, 0.1) is 0 Å².